The molecule has 1 aliphatic heterocycles. The van der Waals surface area contributed by atoms with Crippen LogP contribution < -0.4 is 5.32 Å². The van der Waals surface area contributed by atoms with Gasteiger partial charge in [0, 0.05) is 18.0 Å². The zero-order chi connectivity index (χ0) is 12.2. The Balaban J connectivity index is 1.69. The van der Waals surface area contributed by atoms with Gasteiger partial charge in [-0.1, -0.05) is 6.07 Å². The monoisotopic (exact) mass is 259 g/mol. The van der Waals surface area contributed by atoms with Crippen molar-refractivity contribution in [1.29, 1.82) is 0 Å². The number of thiazole rings is 1. The van der Waals surface area contributed by atoms with Gasteiger partial charge in [-0.05, 0) is 44.0 Å². The van der Waals surface area contributed by atoms with Gasteiger partial charge in [0.1, 0.15) is 0 Å². The summed E-state index contributed by atoms with van der Waals surface area (Å²) in [7, 11) is 0. The van der Waals surface area contributed by atoms with Gasteiger partial charge < -0.3 is 5.32 Å². The Hall–Kier alpha value is -1.26. The van der Waals surface area contributed by atoms with Crippen molar-refractivity contribution in [2.75, 3.05) is 13.1 Å². The number of aromatic nitrogens is 2. The van der Waals surface area contributed by atoms with Gasteiger partial charge in [-0.15, -0.1) is 11.3 Å². The lowest BCUT2D eigenvalue weighted by atomic mass is 9.95. The van der Waals surface area contributed by atoms with Gasteiger partial charge in [0.15, 0.2) is 0 Å². The minimum Gasteiger partial charge on any atom is -0.317 e. The number of hydrogen-bond acceptors (Lipinski definition) is 4. The van der Waals surface area contributed by atoms with E-state index in [0.717, 1.165) is 36.8 Å². The van der Waals surface area contributed by atoms with E-state index >= 15 is 0 Å². The van der Waals surface area contributed by atoms with Crippen molar-refractivity contribution in [2.45, 2.75) is 19.3 Å². The summed E-state index contributed by atoms with van der Waals surface area (Å²) in [6.45, 7) is 2.31. The molecular formula is C14H17N3S. The third kappa shape index (κ3) is 2.76. The fourth-order valence-corrected chi connectivity index (χ4v) is 3.27. The van der Waals surface area contributed by atoms with Crippen molar-refractivity contribution in [3.05, 3.63) is 34.8 Å². The van der Waals surface area contributed by atoms with E-state index in [-0.39, 0.29) is 0 Å². The molecule has 0 radical (unpaired) electrons. The van der Waals surface area contributed by atoms with Gasteiger partial charge in [-0.25, -0.2) is 4.98 Å². The van der Waals surface area contributed by atoms with Crippen LogP contribution in [0.2, 0.25) is 0 Å². The maximum Gasteiger partial charge on any atom is 0.0998 e. The first kappa shape index (κ1) is 11.8. The predicted octanol–water partition coefficient (Wildman–Crippen LogP) is 2.75. The van der Waals surface area contributed by atoms with E-state index in [1.807, 2.05) is 24.4 Å². The molecule has 0 atom stereocenters. The fourth-order valence-electron chi connectivity index (χ4n) is 2.37. The van der Waals surface area contributed by atoms with Crippen LogP contribution in [0.25, 0.3) is 11.4 Å². The van der Waals surface area contributed by atoms with E-state index < -0.39 is 0 Å². The first-order valence-corrected chi connectivity index (χ1v) is 7.36. The Labute approximate surface area is 111 Å². The topological polar surface area (TPSA) is 37.8 Å². The van der Waals surface area contributed by atoms with Crippen molar-refractivity contribution in [1.82, 2.24) is 15.3 Å². The second-order valence-corrected chi connectivity index (χ2v) is 5.68. The Kier molecular flexibility index (Phi) is 3.67. The van der Waals surface area contributed by atoms with Crippen LogP contribution in [-0.2, 0) is 6.42 Å². The molecule has 0 amide bonds. The molecular weight excluding hydrogens is 242 g/mol. The molecule has 18 heavy (non-hydrogen) atoms. The highest BCUT2D eigenvalue weighted by atomic mass is 32.1. The van der Waals surface area contributed by atoms with E-state index in [0.29, 0.717) is 0 Å². The summed E-state index contributed by atoms with van der Waals surface area (Å²) in [5.41, 5.74) is 2.00. The summed E-state index contributed by atoms with van der Waals surface area (Å²) in [4.78, 5) is 9.05. The molecule has 2 aromatic heterocycles. The van der Waals surface area contributed by atoms with E-state index in [4.69, 9.17) is 4.98 Å². The molecule has 3 heterocycles. The molecule has 4 heteroatoms. The smallest absolute Gasteiger partial charge is 0.0998 e. The van der Waals surface area contributed by atoms with Gasteiger partial charge in [-0.2, -0.15) is 0 Å². The van der Waals surface area contributed by atoms with Crippen molar-refractivity contribution >= 4 is 11.3 Å². The summed E-state index contributed by atoms with van der Waals surface area (Å²) in [5.74, 6) is 0.800. The number of piperidine rings is 1. The van der Waals surface area contributed by atoms with Gasteiger partial charge in [0.2, 0.25) is 0 Å². The number of hydrogen-bond donors (Lipinski definition) is 1. The Morgan fingerprint density at radius 1 is 1.22 bits per heavy atom. The molecule has 0 unspecified atom stereocenters. The number of nitrogens with one attached hydrogen (secondary N) is 1. The van der Waals surface area contributed by atoms with Crippen molar-refractivity contribution in [3.8, 4) is 11.4 Å². The standard InChI is InChI=1S/C14H17N3S/c1-2-6-16-12(3-1)13-10-18-14(17-13)9-11-4-7-15-8-5-11/h1-3,6,10-11,15H,4-5,7-9H2. The molecule has 2 aromatic rings. The van der Waals surface area contributed by atoms with Crippen molar-refractivity contribution in [3.63, 3.8) is 0 Å². The Bertz CT molecular complexity index is 489. The molecule has 94 valence electrons. The van der Waals surface area contributed by atoms with Gasteiger partial charge >= 0.3 is 0 Å². The van der Waals surface area contributed by atoms with Crippen LogP contribution in [0, 0.1) is 5.92 Å². The molecule has 0 bridgehead atoms. The van der Waals surface area contributed by atoms with E-state index in [1.54, 1.807) is 11.3 Å². The highest BCUT2D eigenvalue weighted by Gasteiger charge is 2.15. The molecule has 1 aliphatic rings. The fraction of sp³-hybridized carbons (Fsp3) is 0.429. The summed E-state index contributed by atoms with van der Waals surface area (Å²) in [6, 6.07) is 5.96. The summed E-state index contributed by atoms with van der Waals surface area (Å²) < 4.78 is 0. The lowest BCUT2D eigenvalue weighted by molar-refractivity contribution is 0.372. The molecule has 0 aromatic carbocycles. The molecule has 1 fully saturated rings. The van der Waals surface area contributed by atoms with Crippen LogP contribution in [-0.4, -0.2) is 23.1 Å². The molecule has 0 aliphatic carbocycles. The first-order valence-electron chi connectivity index (χ1n) is 6.48. The molecule has 1 N–H and O–H groups in total. The average molecular weight is 259 g/mol. The third-order valence-electron chi connectivity index (χ3n) is 3.40. The number of pyridine rings is 1. The number of rotatable bonds is 3. The van der Waals surface area contributed by atoms with Crippen LogP contribution in [0.4, 0.5) is 0 Å². The van der Waals surface area contributed by atoms with E-state index in [2.05, 4.69) is 15.7 Å². The van der Waals surface area contributed by atoms with Crippen LogP contribution in [0.1, 0.15) is 17.8 Å². The Morgan fingerprint density at radius 2 is 2.11 bits per heavy atom. The minimum atomic E-state index is 0.800. The van der Waals surface area contributed by atoms with E-state index in [1.165, 1.54) is 17.8 Å². The zero-order valence-corrected chi connectivity index (χ0v) is 11.1. The second kappa shape index (κ2) is 5.59. The van der Waals surface area contributed by atoms with Gasteiger partial charge in [0.25, 0.3) is 0 Å². The summed E-state index contributed by atoms with van der Waals surface area (Å²) in [6.07, 6.45) is 5.50. The lowest BCUT2D eigenvalue weighted by Crippen LogP contribution is -2.28. The SMILES string of the molecule is c1ccc(-c2csc(CC3CCNCC3)n2)nc1. The largest absolute Gasteiger partial charge is 0.317 e. The van der Waals surface area contributed by atoms with Crippen molar-refractivity contribution in [2.24, 2.45) is 5.92 Å². The van der Waals surface area contributed by atoms with Crippen LogP contribution in [0.5, 0.6) is 0 Å². The molecule has 0 spiro atoms. The molecule has 3 rings (SSSR count). The first-order chi connectivity index (χ1) is 8.92. The lowest BCUT2D eigenvalue weighted by Gasteiger charge is -2.21. The van der Waals surface area contributed by atoms with Crippen LogP contribution in [0.15, 0.2) is 29.8 Å². The molecule has 1 saturated heterocycles. The average Bonchev–Trinajstić information content (AvgIpc) is 2.89. The molecule has 0 saturated carbocycles. The molecule has 3 nitrogen and oxygen atoms in total. The summed E-state index contributed by atoms with van der Waals surface area (Å²) in [5, 5.41) is 6.78. The Morgan fingerprint density at radius 3 is 2.89 bits per heavy atom. The maximum atomic E-state index is 4.71. The quantitative estimate of drug-likeness (QED) is 0.921. The minimum absolute atomic E-state index is 0.800. The van der Waals surface area contributed by atoms with Crippen LogP contribution >= 0.6 is 11.3 Å². The normalized spacial score (nSPS) is 16.9. The second-order valence-electron chi connectivity index (χ2n) is 4.74. The summed E-state index contributed by atoms with van der Waals surface area (Å²) >= 11 is 1.77. The van der Waals surface area contributed by atoms with Crippen molar-refractivity contribution < 1.29 is 0 Å². The van der Waals surface area contributed by atoms with E-state index in [9.17, 15) is 0 Å². The number of nitrogens with zero attached hydrogens (tertiary/aromatic N) is 2. The predicted molar refractivity (Wildman–Crippen MR) is 74.6 cm³/mol. The van der Waals surface area contributed by atoms with Crippen LogP contribution in [0.3, 0.4) is 0 Å². The van der Waals surface area contributed by atoms with Gasteiger partial charge in [0.05, 0.1) is 16.4 Å². The van der Waals surface area contributed by atoms with Gasteiger partial charge in [-0.3, -0.25) is 4.98 Å². The highest BCUT2D eigenvalue weighted by Crippen LogP contribution is 2.24. The third-order valence-corrected chi connectivity index (χ3v) is 4.27. The zero-order valence-electron chi connectivity index (χ0n) is 10.3. The highest BCUT2D eigenvalue weighted by molar-refractivity contribution is 7.09. The maximum absolute atomic E-state index is 4.71.